The molecule has 0 aromatic carbocycles. The summed E-state index contributed by atoms with van der Waals surface area (Å²) in [5.74, 6) is 1.13. The smallest absolute Gasteiger partial charge is 0.222 e. The van der Waals surface area contributed by atoms with E-state index in [0.29, 0.717) is 6.04 Å². The summed E-state index contributed by atoms with van der Waals surface area (Å²) in [7, 11) is 0. The van der Waals surface area contributed by atoms with Gasteiger partial charge < -0.3 is 15.7 Å². The van der Waals surface area contributed by atoms with Crippen LogP contribution in [0.15, 0.2) is 10.7 Å². The molecule has 1 aliphatic heterocycles. The monoisotopic (exact) mass is 300 g/mol. The highest BCUT2D eigenvalue weighted by atomic mass is 79.9. The lowest BCUT2D eigenvalue weighted by atomic mass is 10.00. The van der Waals surface area contributed by atoms with Gasteiger partial charge in [-0.2, -0.15) is 4.98 Å². The van der Waals surface area contributed by atoms with Gasteiger partial charge >= 0.3 is 0 Å². The molecule has 2 heterocycles. The number of hydrogen-bond acceptors (Lipinski definition) is 5. The summed E-state index contributed by atoms with van der Waals surface area (Å²) in [5, 5.41) is 9.11. The summed E-state index contributed by atoms with van der Waals surface area (Å²) in [4.78, 5) is 10.5. The molecule has 1 unspecified atom stereocenters. The van der Waals surface area contributed by atoms with Crippen LogP contribution in [0.1, 0.15) is 25.7 Å². The van der Waals surface area contributed by atoms with E-state index in [1.807, 2.05) is 0 Å². The lowest BCUT2D eigenvalue weighted by Crippen LogP contribution is -2.41. The first kappa shape index (κ1) is 12.6. The average Bonchev–Trinajstić information content (AvgIpc) is 2.34. The molecule has 2 rings (SSSR count). The first-order chi connectivity index (χ1) is 8.22. The first-order valence-electron chi connectivity index (χ1n) is 5.88. The molecule has 1 aromatic rings. The molecule has 5 nitrogen and oxygen atoms in total. The number of nitrogen functional groups attached to an aromatic ring is 1. The van der Waals surface area contributed by atoms with E-state index < -0.39 is 0 Å². The second-order valence-corrected chi connectivity index (χ2v) is 5.11. The lowest BCUT2D eigenvalue weighted by molar-refractivity contribution is 0.262. The highest BCUT2D eigenvalue weighted by Gasteiger charge is 2.24. The molecule has 0 aliphatic carbocycles. The molecule has 1 aliphatic rings. The third kappa shape index (κ3) is 2.87. The summed E-state index contributed by atoms with van der Waals surface area (Å²) in [6.45, 7) is 1.17. The molecule has 0 bridgehead atoms. The molecule has 0 radical (unpaired) electrons. The van der Waals surface area contributed by atoms with Crippen molar-refractivity contribution < 1.29 is 5.11 Å². The zero-order valence-electron chi connectivity index (χ0n) is 9.64. The van der Waals surface area contributed by atoms with Gasteiger partial charge in [0.25, 0.3) is 0 Å². The first-order valence-corrected chi connectivity index (χ1v) is 6.67. The molecule has 94 valence electrons. The van der Waals surface area contributed by atoms with Crippen LogP contribution in [0.3, 0.4) is 0 Å². The van der Waals surface area contributed by atoms with E-state index in [0.717, 1.165) is 36.1 Å². The van der Waals surface area contributed by atoms with Crippen molar-refractivity contribution in [3.8, 4) is 0 Å². The number of rotatable bonds is 3. The summed E-state index contributed by atoms with van der Waals surface area (Å²) in [6.07, 6.45) is 5.91. The standard InChI is InChI=1S/C11H17BrN4O/c12-9-7-14-11(13)15-10(9)16-5-2-1-3-8(16)4-6-17/h7-8,17H,1-6H2,(H2,13,14,15). The maximum absolute atomic E-state index is 9.11. The number of aliphatic hydroxyl groups is 1. The van der Waals surface area contributed by atoms with Gasteiger partial charge in [-0.25, -0.2) is 4.98 Å². The van der Waals surface area contributed by atoms with Crippen molar-refractivity contribution in [3.63, 3.8) is 0 Å². The molecule has 1 atom stereocenters. The van der Waals surface area contributed by atoms with Gasteiger partial charge in [-0.1, -0.05) is 0 Å². The largest absolute Gasteiger partial charge is 0.396 e. The number of nitrogens with two attached hydrogens (primary N) is 1. The van der Waals surface area contributed by atoms with Gasteiger partial charge in [0, 0.05) is 25.4 Å². The topological polar surface area (TPSA) is 75.3 Å². The van der Waals surface area contributed by atoms with Crippen molar-refractivity contribution in [2.75, 3.05) is 23.8 Å². The number of aromatic nitrogens is 2. The van der Waals surface area contributed by atoms with Crippen LogP contribution in [0.5, 0.6) is 0 Å². The van der Waals surface area contributed by atoms with Crippen LogP contribution in [-0.2, 0) is 0 Å². The molecule has 0 amide bonds. The highest BCUT2D eigenvalue weighted by molar-refractivity contribution is 9.10. The van der Waals surface area contributed by atoms with E-state index >= 15 is 0 Å². The maximum Gasteiger partial charge on any atom is 0.222 e. The highest BCUT2D eigenvalue weighted by Crippen LogP contribution is 2.30. The van der Waals surface area contributed by atoms with E-state index in [9.17, 15) is 0 Å². The molecular weight excluding hydrogens is 284 g/mol. The molecule has 0 spiro atoms. The van der Waals surface area contributed by atoms with Gasteiger partial charge in [0.15, 0.2) is 0 Å². The van der Waals surface area contributed by atoms with E-state index in [1.165, 1.54) is 6.42 Å². The summed E-state index contributed by atoms with van der Waals surface area (Å²) in [6, 6.07) is 0.347. The van der Waals surface area contributed by atoms with E-state index in [4.69, 9.17) is 10.8 Å². The third-order valence-electron chi connectivity index (χ3n) is 3.11. The van der Waals surface area contributed by atoms with Crippen molar-refractivity contribution in [1.82, 2.24) is 9.97 Å². The van der Waals surface area contributed by atoms with Crippen molar-refractivity contribution in [1.29, 1.82) is 0 Å². The van der Waals surface area contributed by atoms with Crippen LogP contribution in [-0.4, -0.2) is 34.3 Å². The number of aliphatic hydroxyl groups excluding tert-OH is 1. The van der Waals surface area contributed by atoms with Crippen molar-refractivity contribution in [3.05, 3.63) is 10.7 Å². The average molecular weight is 301 g/mol. The number of piperidine rings is 1. The Morgan fingerprint density at radius 2 is 2.35 bits per heavy atom. The minimum absolute atomic E-state index is 0.208. The summed E-state index contributed by atoms with van der Waals surface area (Å²) in [5.41, 5.74) is 5.63. The van der Waals surface area contributed by atoms with Crippen molar-refractivity contribution in [2.45, 2.75) is 31.7 Å². The predicted octanol–water partition coefficient (Wildman–Crippen LogP) is 1.56. The minimum Gasteiger partial charge on any atom is -0.396 e. The maximum atomic E-state index is 9.11. The number of halogens is 1. The second-order valence-electron chi connectivity index (χ2n) is 4.26. The Morgan fingerprint density at radius 1 is 1.53 bits per heavy atom. The molecular formula is C11H17BrN4O. The van der Waals surface area contributed by atoms with Crippen molar-refractivity contribution in [2.24, 2.45) is 0 Å². The molecule has 3 N–H and O–H groups in total. The Bertz CT molecular complexity index is 386. The zero-order valence-corrected chi connectivity index (χ0v) is 11.2. The SMILES string of the molecule is Nc1ncc(Br)c(N2CCCCC2CCO)n1. The molecule has 6 heteroatoms. The fraction of sp³-hybridized carbons (Fsp3) is 0.636. The van der Waals surface area contributed by atoms with Gasteiger partial charge in [0.1, 0.15) is 5.82 Å². The number of nitrogens with zero attached hydrogens (tertiary/aromatic N) is 3. The molecule has 1 aromatic heterocycles. The van der Waals surface area contributed by atoms with Gasteiger partial charge in [0.2, 0.25) is 5.95 Å². The Labute approximate surface area is 109 Å². The molecule has 1 fully saturated rings. The quantitative estimate of drug-likeness (QED) is 0.886. The van der Waals surface area contributed by atoms with Crippen LogP contribution in [0.25, 0.3) is 0 Å². The number of anilines is 2. The Hall–Kier alpha value is -0.880. The molecule has 0 saturated carbocycles. The van der Waals surface area contributed by atoms with E-state index in [2.05, 4.69) is 30.8 Å². The van der Waals surface area contributed by atoms with Crippen LogP contribution in [0, 0.1) is 0 Å². The number of hydrogen-bond donors (Lipinski definition) is 2. The summed E-state index contributed by atoms with van der Waals surface area (Å²) >= 11 is 3.46. The predicted molar refractivity (Wildman–Crippen MR) is 70.8 cm³/mol. The normalized spacial score (nSPS) is 20.6. The van der Waals surface area contributed by atoms with Gasteiger partial charge in [0.05, 0.1) is 4.47 Å². The van der Waals surface area contributed by atoms with Crippen LogP contribution >= 0.6 is 15.9 Å². The van der Waals surface area contributed by atoms with Gasteiger partial charge in [-0.15, -0.1) is 0 Å². The fourth-order valence-corrected chi connectivity index (χ4v) is 2.72. The molecule has 1 saturated heterocycles. The third-order valence-corrected chi connectivity index (χ3v) is 3.67. The van der Waals surface area contributed by atoms with Gasteiger partial charge in [-0.05, 0) is 41.6 Å². The van der Waals surface area contributed by atoms with E-state index in [-0.39, 0.29) is 12.6 Å². The lowest BCUT2D eigenvalue weighted by Gasteiger charge is -2.36. The van der Waals surface area contributed by atoms with Crippen LogP contribution in [0.2, 0.25) is 0 Å². The second kappa shape index (κ2) is 5.64. The van der Waals surface area contributed by atoms with E-state index in [1.54, 1.807) is 6.20 Å². The Morgan fingerprint density at radius 3 is 3.12 bits per heavy atom. The van der Waals surface area contributed by atoms with Crippen LogP contribution < -0.4 is 10.6 Å². The summed E-state index contributed by atoms with van der Waals surface area (Å²) < 4.78 is 0.858. The Balaban J connectivity index is 2.25. The zero-order chi connectivity index (χ0) is 12.3. The van der Waals surface area contributed by atoms with Crippen molar-refractivity contribution >= 4 is 27.7 Å². The van der Waals surface area contributed by atoms with Gasteiger partial charge in [-0.3, -0.25) is 0 Å². The fourth-order valence-electron chi connectivity index (χ4n) is 2.30. The Kier molecular flexibility index (Phi) is 4.17. The minimum atomic E-state index is 0.208. The van der Waals surface area contributed by atoms with Crippen LogP contribution in [0.4, 0.5) is 11.8 Å². The molecule has 17 heavy (non-hydrogen) atoms.